The van der Waals surface area contributed by atoms with Gasteiger partial charge in [0, 0.05) is 13.1 Å². The first-order valence-electron chi connectivity index (χ1n) is 4.47. The summed E-state index contributed by atoms with van der Waals surface area (Å²) in [5.41, 5.74) is 5.37. The number of nitrogens with two attached hydrogens (primary N) is 1. The van der Waals surface area contributed by atoms with Gasteiger partial charge in [-0.05, 0) is 32.2 Å². The van der Waals surface area contributed by atoms with Crippen LogP contribution in [0, 0.1) is 0 Å². The molecule has 1 aliphatic rings. The van der Waals surface area contributed by atoms with Gasteiger partial charge in [-0.2, -0.15) is 0 Å². The van der Waals surface area contributed by atoms with Gasteiger partial charge in [0.25, 0.3) is 0 Å². The fourth-order valence-corrected chi connectivity index (χ4v) is 1.53. The molecule has 0 amide bonds. The van der Waals surface area contributed by atoms with Crippen molar-refractivity contribution in [2.75, 3.05) is 19.6 Å². The fraction of sp³-hybridized carbons (Fsp3) is 1.00. The molecule has 1 unspecified atom stereocenters. The summed E-state index contributed by atoms with van der Waals surface area (Å²) in [5.74, 6) is 0. The lowest BCUT2D eigenvalue weighted by Crippen LogP contribution is -2.30. The highest BCUT2D eigenvalue weighted by Gasteiger charge is 2.20. The van der Waals surface area contributed by atoms with Crippen LogP contribution in [0.3, 0.4) is 0 Å². The summed E-state index contributed by atoms with van der Waals surface area (Å²) in [7, 11) is 0. The highest BCUT2D eigenvalue weighted by atomic mass is 16.3. The van der Waals surface area contributed by atoms with Crippen molar-refractivity contribution < 1.29 is 5.11 Å². The average molecular weight is 158 g/mol. The Morgan fingerprint density at radius 1 is 1.45 bits per heavy atom. The maximum absolute atomic E-state index is 9.38. The van der Waals surface area contributed by atoms with E-state index >= 15 is 0 Å². The Kier molecular flexibility index (Phi) is 3.83. The van der Waals surface area contributed by atoms with Gasteiger partial charge in [0.15, 0.2) is 0 Å². The number of likely N-dealkylation sites (tertiary alicyclic amines) is 1. The Labute approximate surface area is 68.2 Å². The van der Waals surface area contributed by atoms with Gasteiger partial charge in [0.05, 0.1) is 0 Å². The summed E-state index contributed by atoms with van der Waals surface area (Å²) in [4.78, 5) is 2.13. The van der Waals surface area contributed by atoms with Crippen LogP contribution in [0.5, 0.6) is 0 Å². The fourth-order valence-electron chi connectivity index (χ4n) is 1.53. The molecule has 0 bridgehead atoms. The van der Waals surface area contributed by atoms with Gasteiger partial charge in [0.1, 0.15) is 6.23 Å². The molecule has 3 N–H and O–H groups in total. The molecular formula is C8H18N2O. The normalized spacial score (nSPS) is 26.2. The smallest absolute Gasteiger partial charge is 0.107 e. The van der Waals surface area contributed by atoms with Gasteiger partial charge >= 0.3 is 0 Å². The van der Waals surface area contributed by atoms with Crippen LogP contribution in [-0.2, 0) is 0 Å². The zero-order chi connectivity index (χ0) is 8.10. The predicted octanol–water partition coefficient (Wildman–Crippen LogP) is 0.139. The summed E-state index contributed by atoms with van der Waals surface area (Å²) in [6, 6.07) is 0. The van der Waals surface area contributed by atoms with Crippen LogP contribution in [-0.4, -0.2) is 35.9 Å². The van der Waals surface area contributed by atoms with E-state index in [9.17, 15) is 5.11 Å². The summed E-state index contributed by atoms with van der Waals surface area (Å²) in [6.45, 7) is 2.84. The Bertz CT molecular complexity index is 108. The summed E-state index contributed by atoms with van der Waals surface area (Å²) in [6.07, 6.45) is 4.11. The van der Waals surface area contributed by atoms with Crippen LogP contribution in [0.15, 0.2) is 0 Å². The molecule has 11 heavy (non-hydrogen) atoms. The highest BCUT2D eigenvalue weighted by molar-refractivity contribution is 4.69. The summed E-state index contributed by atoms with van der Waals surface area (Å²) in [5, 5.41) is 9.38. The average Bonchev–Trinajstić information content (AvgIpc) is 2.37. The SMILES string of the molecule is NCCCCN1CCCC1O. The molecule has 1 fully saturated rings. The molecule has 66 valence electrons. The second kappa shape index (κ2) is 4.70. The third-order valence-electron chi connectivity index (χ3n) is 2.23. The molecule has 0 aliphatic carbocycles. The molecule has 0 aromatic rings. The van der Waals surface area contributed by atoms with Gasteiger partial charge in [-0.25, -0.2) is 0 Å². The molecule has 3 nitrogen and oxygen atoms in total. The topological polar surface area (TPSA) is 49.5 Å². The van der Waals surface area contributed by atoms with Gasteiger partial charge in [-0.15, -0.1) is 0 Å². The number of aliphatic hydroxyl groups excluding tert-OH is 1. The number of unbranched alkanes of at least 4 members (excludes halogenated alkanes) is 1. The van der Waals surface area contributed by atoms with Gasteiger partial charge in [-0.1, -0.05) is 0 Å². The van der Waals surface area contributed by atoms with E-state index < -0.39 is 0 Å². The Morgan fingerprint density at radius 2 is 2.27 bits per heavy atom. The van der Waals surface area contributed by atoms with E-state index in [2.05, 4.69) is 4.90 Å². The van der Waals surface area contributed by atoms with Gasteiger partial charge in [0.2, 0.25) is 0 Å². The van der Waals surface area contributed by atoms with Crippen molar-refractivity contribution in [3.63, 3.8) is 0 Å². The molecule has 0 radical (unpaired) electrons. The molecule has 0 aromatic heterocycles. The standard InChI is InChI=1S/C8H18N2O/c9-5-1-2-6-10-7-3-4-8(10)11/h8,11H,1-7,9H2. The molecular weight excluding hydrogens is 140 g/mol. The van der Waals surface area contributed by atoms with Crippen molar-refractivity contribution in [2.45, 2.75) is 31.9 Å². The minimum absolute atomic E-state index is 0.173. The second-order valence-electron chi connectivity index (χ2n) is 3.15. The van der Waals surface area contributed by atoms with Crippen LogP contribution >= 0.6 is 0 Å². The largest absolute Gasteiger partial charge is 0.378 e. The zero-order valence-corrected chi connectivity index (χ0v) is 7.00. The quantitative estimate of drug-likeness (QED) is 0.572. The van der Waals surface area contributed by atoms with E-state index in [4.69, 9.17) is 5.73 Å². The Hall–Kier alpha value is -0.120. The monoisotopic (exact) mass is 158 g/mol. The van der Waals surface area contributed by atoms with E-state index in [1.54, 1.807) is 0 Å². The minimum Gasteiger partial charge on any atom is -0.378 e. The Morgan fingerprint density at radius 3 is 2.82 bits per heavy atom. The van der Waals surface area contributed by atoms with E-state index in [1.807, 2.05) is 0 Å². The van der Waals surface area contributed by atoms with Crippen LogP contribution in [0.2, 0.25) is 0 Å². The lowest BCUT2D eigenvalue weighted by Gasteiger charge is -2.18. The lowest BCUT2D eigenvalue weighted by atomic mass is 10.3. The molecule has 1 rings (SSSR count). The van der Waals surface area contributed by atoms with E-state index in [-0.39, 0.29) is 6.23 Å². The summed E-state index contributed by atoms with van der Waals surface area (Å²) >= 11 is 0. The highest BCUT2D eigenvalue weighted by Crippen LogP contribution is 2.14. The maximum Gasteiger partial charge on any atom is 0.107 e. The number of hydrogen-bond acceptors (Lipinski definition) is 3. The maximum atomic E-state index is 9.38. The van der Waals surface area contributed by atoms with Gasteiger partial charge < -0.3 is 10.8 Å². The lowest BCUT2D eigenvalue weighted by molar-refractivity contribution is 0.0374. The van der Waals surface area contributed by atoms with Crippen LogP contribution in [0.1, 0.15) is 25.7 Å². The molecule has 0 aromatic carbocycles. The molecule has 1 aliphatic heterocycles. The van der Waals surface area contributed by atoms with E-state index in [1.165, 1.54) is 0 Å². The molecule has 1 heterocycles. The zero-order valence-electron chi connectivity index (χ0n) is 7.00. The molecule has 1 saturated heterocycles. The summed E-state index contributed by atoms with van der Waals surface area (Å²) < 4.78 is 0. The molecule has 0 spiro atoms. The predicted molar refractivity (Wildman–Crippen MR) is 45.1 cm³/mol. The number of hydrogen-bond donors (Lipinski definition) is 2. The van der Waals surface area contributed by atoms with Crippen molar-refractivity contribution >= 4 is 0 Å². The first kappa shape index (κ1) is 8.97. The number of rotatable bonds is 4. The number of nitrogens with zero attached hydrogens (tertiary/aromatic N) is 1. The van der Waals surface area contributed by atoms with E-state index in [0.717, 1.165) is 45.3 Å². The number of aliphatic hydroxyl groups is 1. The van der Waals surface area contributed by atoms with E-state index in [0.29, 0.717) is 0 Å². The van der Waals surface area contributed by atoms with Crippen molar-refractivity contribution in [2.24, 2.45) is 5.73 Å². The van der Waals surface area contributed by atoms with Crippen molar-refractivity contribution in [1.29, 1.82) is 0 Å². The van der Waals surface area contributed by atoms with Crippen LogP contribution < -0.4 is 5.73 Å². The molecule has 0 saturated carbocycles. The third-order valence-corrected chi connectivity index (χ3v) is 2.23. The van der Waals surface area contributed by atoms with Crippen molar-refractivity contribution in [1.82, 2.24) is 4.90 Å². The van der Waals surface area contributed by atoms with Crippen LogP contribution in [0.4, 0.5) is 0 Å². The molecule has 1 atom stereocenters. The second-order valence-corrected chi connectivity index (χ2v) is 3.15. The minimum atomic E-state index is -0.173. The first-order chi connectivity index (χ1) is 5.34. The first-order valence-corrected chi connectivity index (χ1v) is 4.47. The Balaban J connectivity index is 2.05. The van der Waals surface area contributed by atoms with Gasteiger partial charge in [-0.3, -0.25) is 4.90 Å². The molecule has 3 heteroatoms. The van der Waals surface area contributed by atoms with Crippen molar-refractivity contribution in [3.8, 4) is 0 Å². The third kappa shape index (κ3) is 2.77. The van der Waals surface area contributed by atoms with Crippen molar-refractivity contribution in [3.05, 3.63) is 0 Å². The van der Waals surface area contributed by atoms with Crippen LogP contribution in [0.25, 0.3) is 0 Å².